The lowest BCUT2D eigenvalue weighted by atomic mass is 10.1. The minimum atomic E-state index is -0.358. The molecule has 1 heterocycles. The maximum absolute atomic E-state index is 11.1. The van der Waals surface area contributed by atoms with Crippen molar-refractivity contribution in [2.45, 2.75) is 6.92 Å². The molecule has 1 aromatic heterocycles. The summed E-state index contributed by atoms with van der Waals surface area (Å²) in [6.45, 7) is 1.86. The van der Waals surface area contributed by atoms with Crippen molar-refractivity contribution in [3.8, 4) is 0 Å². The maximum Gasteiger partial charge on any atom is 0.336 e. The Labute approximate surface area is 91.1 Å². The fourth-order valence-electron chi connectivity index (χ4n) is 1.44. The average molecular weight is 217 g/mol. The van der Waals surface area contributed by atoms with Crippen molar-refractivity contribution in [3.05, 3.63) is 40.2 Å². The van der Waals surface area contributed by atoms with Crippen LogP contribution in [0, 0.1) is 6.92 Å². The van der Waals surface area contributed by atoms with Crippen molar-refractivity contribution in [1.29, 1.82) is 0 Å². The van der Waals surface area contributed by atoms with Gasteiger partial charge in [-0.2, -0.15) is 4.99 Å². The van der Waals surface area contributed by atoms with Gasteiger partial charge in [0.05, 0.1) is 10.8 Å². The van der Waals surface area contributed by atoms with Gasteiger partial charge in [-0.1, -0.05) is 0 Å². The van der Waals surface area contributed by atoms with E-state index in [0.717, 1.165) is 10.9 Å². The van der Waals surface area contributed by atoms with Gasteiger partial charge >= 0.3 is 5.63 Å². The highest BCUT2D eigenvalue weighted by Gasteiger charge is 2.02. The molecule has 0 saturated heterocycles. The molecule has 0 spiro atoms. The van der Waals surface area contributed by atoms with E-state index in [1.807, 2.05) is 13.0 Å². The van der Waals surface area contributed by atoms with Gasteiger partial charge in [-0.15, -0.1) is 0 Å². The van der Waals surface area contributed by atoms with Gasteiger partial charge in [0.15, 0.2) is 0 Å². The van der Waals surface area contributed by atoms with Crippen LogP contribution in [-0.2, 0) is 0 Å². The molecule has 0 unspecified atom stereocenters. The number of fused-ring (bicyclic) bond motifs is 1. The molecule has 0 aliphatic carbocycles. The van der Waals surface area contributed by atoms with E-state index in [1.165, 1.54) is 6.07 Å². The Hall–Kier alpha value is -1.77. The summed E-state index contributed by atoms with van der Waals surface area (Å²) in [6.07, 6.45) is 0. The summed E-state index contributed by atoms with van der Waals surface area (Å²) in [7, 11) is 0. The van der Waals surface area contributed by atoms with Gasteiger partial charge in [-0.3, -0.25) is 0 Å². The second-order valence-corrected chi connectivity index (χ2v) is 3.31. The van der Waals surface area contributed by atoms with Gasteiger partial charge in [-0.25, -0.2) is 4.79 Å². The summed E-state index contributed by atoms with van der Waals surface area (Å²) >= 11 is 4.50. The Kier molecular flexibility index (Phi) is 2.46. The molecule has 1 aromatic carbocycles. The lowest BCUT2D eigenvalue weighted by Crippen LogP contribution is -1.97. The molecular formula is C11H7NO2S. The summed E-state index contributed by atoms with van der Waals surface area (Å²) in [5.74, 6) is 0. The molecular weight excluding hydrogens is 210 g/mol. The highest BCUT2D eigenvalue weighted by atomic mass is 32.1. The predicted octanol–water partition coefficient (Wildman–Crippen LogP) is 2.84. The lowest BCUT2D eigenvalue weighted by Gasteiger charge is -1.99. The topological polar surface area (TPSA) is 42.6 Å². The van der Waals surface area contributed by atoms with Crippen LogP contribution in [0.25, 0.3) is 11.0 Å². The molecule has 4 heteroatoms. The smallest absolute Gasteiger partial charge is 0.336 e. The Bertz CT molecular complexity index is 624. The number of hydrogen-bond donors (Lipinski definition) is 0. The van der Waals surface area contributed by atoms with Crippen LogP contribution in [0.2, 0.25) is 0 Å². The lowest BCUT2D eigenvalue weighted by molar-refractivity contribution is 0.560. The first-order valence-electron chi connectivity index (χ1n) is 4.33. The summed E-state index contributed by atoms with van der Waals surface area (Å²) in [4.78, 5) is 15.0. The van der Waals surface area contributed by atoms with E-state index in [-0.39, 0.29) is 5.63 Å². The normalized spacial score (nSPS) is 9.93. The molecule has 0 bridgehead atoms. The van der Waals surface area contributed by atoms with Crippen molar-refractivity contribution < 1.29 is 4.42 Å². The first-order valence-corrected chi connectivity index (χ1v) is 4.74. The molecule has 0 atom stereocenters. The largest absolute Gasteiger partial charge is 0.423 e. The van der Waals surface area contributed by atoms with Crippen LogP contribution < -0.4 is 5.63 Å². The quantitative estimate of drug-likeness (QED) is 0.419. The number of aliphatic imine (C=N–C) groups is 1. The van der Waals surface area contributed by atoms with E-state index in [4.69, 9.17) is 4.42 Å². The van der Waals surface area contributed by atoms with Gasteiger partial charge in [0.2, 0.25) is 0 Å². The highest BCUT2D eigenvalue weighted by molar-refractivity contribution is 7.78. The van der Waals surface area contributed by atoms with Gasteiger partial charge in [-0.05, 0) is 36.8 Å². The Morgan fingerprint density at radius 3 is 2.93 bits per heavy atom. The van der Waals surface area contributed by atoms with E-state index >= 15 is 0 Å². The third-order valence-corrected chi connectivity index (χ3v) is 2.20. The van der Waals surface area contributed by atoms with Crippen LogP contribution in [0.15, 0.2) is 38.5 Å². The molecule has 0 amide bonds. The zero-order chi connectivity index (χ0) is 10.8. The van der Waals surface area contributed by atoms with Gasteiger partial charge in [0.1, 0.15) is 5.58 Å². The highest BCUT2D eigenvalue weighted by Crippen LogP contribution is 2.21. The standard InChI is InChI=1S/C11H7NO2S/c1-7-4-11(13)14-10-5-8(12-6-15)2-3-9(7)10/h2-5H,1H3. The predicted molar refractivity (Wildman–Crippen MR) is 61.9 cm³/mol. The number of isothiocyanates is 1. The van der Waals surface area contributed by atoms with Crippen molar-refractivity contribution >= 4 is 34.0 Å². The van der Waals surface area contributed by atoms with Crippen LogP contribution in [0.5, 0.6) is 0 Å². The molecule has 2 aromatic rings. The first kappa shape index (κ1) is 9.77. The van der Waals surface area contributed by atoms with Crippen molar-refractivity contribution in [1.82, 2.24) is 0 Å². The monoisotopic (exact) mass is 217 g/mol. The Balaban J connectivity index is 2.81. The molecule has 0 N–H and O–H groups in total. The number of rotatable bonds is 1. The first-order chi connectivity index (χ1) is 7.20. The third-order valence-electron chi connectivity index (χ3n) is 2.11. The number of thiocarbonyl (C=S) groups is 1. The second kappa shape index (κ2) is 3.77. The van der Waals surface area contributed by atoms with E-state index in [0.29, 0.717) is 11.3 Å². The van der Waals surface area contributed by atoms with E-state index < -0.39 is 0 Å². The van der Waals surface area contributed by atoms with Crippen molar-refractivity contribution in [2.24, 2.45) is 4.99 Å². The molecule has 0 aliphatic rings. The summed E-state index contributed by atoms with van der Waals surface area (Å²) in [5.41, 5.74) is 1.68. The zero-order valence-electron chi connectivity index (χ0n) is 7.98. The summed E-state index contributed by atoms with van der Waals surface area (Å²) in [5, 5.41) is 3.17. The van der Waals surface area contributed by atoms with Crippen molar-refractivity contribution in [3.63, 3.8) is 0 Å². The molecule has 3 nitrogen and oxygen atoms in total. The molecule has 15 heavy (non-hydrogen) atoms. The summed E-state index contributed by atoms with van der Waals surface area (Å²) < 4.78 is 5.05. The SMILES string of the molecule is Cc1cc(=O)oc2cc(N=C=S)ccc12. The molecule has 2 rings (SSSR count). The average Bonchev–Trinajstić information content (AvgIpc) is 2.17. The molecule has 0 fully saturated rings. The number of hydrogen-bond acceptors (Lipinski definition) is 4. The van der Waals surface area contributed by atoms with E-state index in [1.54, 1.807) is 12.1 Å². The number of aryl methyl sites for hydroxylation is 1. The minimum Gasteiger partial charge on any atom is -0.423 e. The number of benzene rings is 1. The molecule has 0 aliphatic heterocycles. The van der Waals surface area contributed by atoms with Gasteiger partial charge in [0.25, 0.3) is 0 Å². The van der Waals surface area contributed by atoms with Crippen molar-refractivity contribution in [2.75, 3.05) is 0 Å². The second-order valence-electron chi connectivity index (χ2n) is 3.13. The van der Waals surface area contributed by atoms with E-state index in [2.05, 4.69) is 22.4 Å². The van der Waals surface area contributed by atoms with Crippen LogP contribution in [-0.4, -0.2) is 5.16 Å². The van der Waals surface area contributed by atoms with Crippen LogP contribution in [0.3, 0.4) is 0 Å². The Morgan fingerprint density at radius 2 is 2.20 bits per heavy atom. The van der Waals surface area contributed by atoms with Crippen LogP contribution in [0.1, 0.15) is 5.56 Å². The number of nitrogens with zero attached hydrogens (tertiary/aromatic N) is 1. The van der Waals surface area contributed by atoms with Crippen LogP contribution in [0.4, 0.5) is 5.69 Å². The fourth-order valence-corrected chi connectivity index (χ4v) is 1.54. The Morgan fingerprint density at radius 1 is 1.40 bits per heavy atom. The minimum absolute atomic E-state index is 0.358. The van der Waals surface area contributed by atoms with E-state index in [9.17, 15) is 4.79 Å². The summed E-state index contributed by atoms with van der Waals surface area (Å²) in [6, 6.07) is 6.78. The molecule has 0 saturated carbocycles. The third kappa shape index (κ3) is 1.86. The fraction of sp³-hybridized carbons (Fsp3) is 0.0909. The van der Waals surface area contributed by atoms with Crippen LogP contribution >= 0.6 is 12.2 Å². The maximum atomic E-state index is 11.1. The zero-order valence-corrected chi connectivity index (χ0v) is 8.80. The molecule has 0 radical (unpaired) electrons. The molecule has 74 valence electrons. The van der Waals surface area contributed by atoms with Gasteiger partial charge < -0.3 is 4.42 Å². The van der Waals surface area contributed by atoms with Gasteiger partial charge in [0, 0.05) is 17.5 Å².